The lowest BCUT2D eigenvalue weighted by molar-refractivity contribution is -0.118. The number of benzene rings is 1. The largest absolute Gasteiger partial charge is 0.399 e. The number of amides is 3. The second kappa shape index (κ2) is 5.17. The number of carbonyl (C=O) groups excluding carboxylic acids is 2. The van der Waals surface area contributed by atoms with Crippen LogP contribution in [0, 0.1) is 0 Å². The quantitative estimate of drug-likeness (QED) is 0.811. The number of nitrogens with two attached hydrogens (primary N) is 1. The lowest BCUT2D eigenvalue weighted by atomic mass is 10.2. The molecule has 1 saturated heterocycles. The molecule has 3 amide bonds. The van der Waals surface area contributed by atoms with Gasteiger partial charge in [0.2, 0.25) is 5.91 Å². The lowest BCUT2D eigenvalue weighted by Gasteiger charge is -2.21. The van der Waals surface area contributed by atoms with E-state index in [1.165, 1.54) is 4.90 Å². The van der Waals surface area contributed by atoms with E-state index >= 15 is 0 Å². The van der Waals surface area contributed by atoms with Crippen LogP contribution in [0.15, 0.2) is 24.3 Å². The molecule has 2 N–H and O–H groups in total. The van der Waals surface area contributed by atoms with Crippen molar-refractivity contribution in [2.45, 2.75) is 0 Å². The maximum Gasteiger partial charge on any atom is 0.320 e. The van der Waals surface area contributed by atoms with E-state index in [0.29, 0.717) is 18.8 Å². The van der Waals surface area contributed by atoms with Gasteiger partial charge in [-0.25, -0.2) is 4.79 Å². The Morgan fingerprint density at radius 3 is 2.47 bits per heavy atom. The first-order chi connectivity index (χ1) is 8.99. The molecule has 19 heavy (non-hydrogen) atoms. The molecule has 1 fully saturated rings. The van der Waals surface area contributed by atoms with Crippen LogP contribution < -0.4 is 10.6 Å². The molecule has 0 unspecified atom stereocenters. The average molecular weight is 262 g/mol. The SMILES string of the molecule is CN1CCN(CC(=O)N(C)c2ccc(N)cc2)C1=O. The summed E-state index contributed by atoms with van der Waals surface area (Å²) in [5, 5.41) is 0. The molecule has 0 saturated carbocycles. The van der Waals surface area contributed by atoms with Crippen molar-refractivity contribution in [1.29, 1.82) is 0 Å². The zero-order valence-electron chi connectivity index (χ0n) is 11.2. The van der Waals surface area contributed by atoms with E-state index in [1.54, 1.807) is 48.2 Å². The number of nitrogens with zero attached hydrogens (tertiary/aromatic N) is 3. The molecule has 2 rings (SSSR count). The number of hydrogen-bond donors (Lipinski definition) is 1. The van der Waals surface area contributed by atoms with E-state index in [9.17, 15) is 9.59 Å². The van der Waals surface area contributed by atoms with Crippen molar-refractivity contribution in [3.63, 3.8) is 0 Å². The Morgan fingerprint density at radius 2 is 1.95 bits per heavy atom. The molecule has 1 aromatic carbocycles. The van der Waals surface area contributed by atoms with Crippen LogP contribution in [0.1, 0.15) is 0 Å². The number of anilines is 2. The lowest BCUT2D eigenvalue weighted by Crippen LogP contribution is -2.40. The van der Waals surface area contributed by atoms with Gasteiger partial charge in [0.25, 0.3) is 0 Å². The van der Waals surface area contributed by atoms with Crippen molar-refractivity contribution in [2.24, 2.45) is 0 Å². The molecule has 1 aliphatic rings. The fraction of sp³-hybridized carbons (Fsp3) is 0.385. The monoisotopic (exact) mass is 262 g/mol. The second-order valence-corrected chi connectivity index (χ2v) is 4.67. The summed E-state index contributed by atoms with van der Waals surface area (Å²) in [5.74, 6) is -0.117. The number of hydrogen-bond acceptors (Lipinski definition) is 3. The molecular formula is C13H18N4O2. The number of rotatable bonds is 3. The average Bonchev–Trinajstić information content (AvgIpc) is 2.71. The van der Waals surface area contributed by atoms with Crippen molar-refractivity contribution in [3.8, 4) is 0 Å². The zero-order valence-corrected chi connectivity index (χ0v) is 11.2. The fourth-order valence-corrected chi connectivity index (χ4v) is 1.96. The van der Waals surface area contributed by atoms with Crippen molar-refractivity contribution in [1.82, 2.24) is 9.80 Å². The molecule has 1 aliphatic heterocycles. The molecule has 0 aliphatic carbocycles. The first kappa shape index (κ1) is 13.2. The highest BCUT2D eigenvalue weighted by Gasteiger charge is 2.28. The summed E-state index contributed by atoms with van der Waals surface area (Å²) < 4.78 is 0. The number of nitrogen functional groups attached to an aromatic ring is 1. The van der Waals surface area contributed by atoms with Crippen molar-refractivity contribution < 1.29 is 9.59 Å². The Morgan fingerprint density at radius 1 is 1.32 bits per heavy atom. The van der Waals surface area contributed by atoms with E-state index in [2.05, 4.69) is 0 Å². The molecule has 0 aromatic heterocycles. The molecule has 102 valence electrons. The molecular weight excluding hydrogens is 244 g/mol. The van der Waals surface area contributed by atoms with Gasteiger partial charge in [-0.05, 0) is 24.3 Å². The number of urea groups is 1. The molecule has 1 aromatic rings. The van der Waals surface area contributed by atoms with E-state index in [0.717, 1.165) is 5.69 Å². The minimum atomic E-state index is -0.117. The highest BCUT2D eigenvalue weighted by Crippen LogP contribution is 2.15. The minimum Gasteiger partial charge on any atom is -0.399 e. The van der Waals surface area contributed by atoms with Crippen LogP contribution >= 0.6 is 0 Å². The van der Waals surface area contributed by atoms with Crippen molar-refractivity contribution in [3.05, 3.63) is 24.3 Å². The third-order valence-corrected chi connectivity index (χ3v) is 3.28. The summed E-state index contributed by atoms with van der Waals surface area (Å²) in [6.45, 7) is 1.36. The molecule has 0 radical (unpaired) electrons. The summed E-state index contributed by atoms with van der Waals surface area (Å²) in [6, 6.07) is 6.96. The van der Waals surface area contributed by atoms with Crippen LogP contribution in [-0.2, 0) is 4.79 Å². The Kier molecular flexibility index (Phi) is 3.59. The standard InChI is InChI=1S/C13H18N4O2/c1-15-7-8-17(13(15)19)9-12(18)16(2)11-5-3-10(14)4-6-11/h3-6H,7-9,14H2,1-2H3. The highest BCUT2D eigenvalue weighted by molar-refractivity contribution is 5.96. The summed E-state index contributed by atoms with van der Waals surface area (Å²) in [5.41, 5.74) is 7.02. The second-order valence-electron chi connectivity index (χ2n) is 4.67. The van der Waals surface area contributed by atoms with Gasteiger partial charge in [-0.1, -0.05) is 0 Å². The first-order valence-electron chi connectivity index (χ1n) is 6.11. The molecule has 0 bridgehead atoms. The van der Waals surface area contributed by atoms with E-state index in [4.69, 9.17) is 5.73 Å². The summed E-state index contributed by atoms with van der Waals surface area (Å²) in [6.07, 6.45) is 0. The summed E-state index contributed by atoms with van der Waals surface area (Å²) in [7, 11) is 3.43. The molecule has 6 nitrogen and oxygen atoms in total. The predicted octanol–water partition coefficient (Wildman–Crippen LogP) is 0.599. The molecule has 1 heterocycles. The summed E-state index contributed by atoms with van der Waals surface area (Å²) >= 11 is 0. The third kappa shape index (κ3) is 2.78. The smallest absolute Gasteiger partial charge is 0.320 e. The van der Waals surface area contributed by atoms with Gasteiger partial charge in [0.15, 0.2) is 0 Å². The number of likely N-dealkylation sites (N-methyl/N-ethyl adjacent to an activating group) is 2. The minimum absolute atomic E-state index is 0.0981. The third-order valence-electron chi connectivity index (χ3n) is 3.28. The van der Waals surface area contributed by atoms with Gasteiger partial charge >= 0.3 is 6.03 Å². The van der Waals surface area contributed by atoms with E-state index < -0.39 is 0 Å². The van der Waals surface area contributed by atoms with E-state index in [-0.39, 0.29) is 18.5 Å². The Labute approximate surface area is 112 Å². The fourth-order valence-electron chi connectivity index (χ4n) is 1.96. The zero-order chi connectivity index (χ0) is 14.0. The van der Waals surface area contributed by atoms with Crippen molar-refractivity contribution in [2.75, 3.05) is 44.4 Å². The van der Waals surface area contributed by atoms with Gasteiger partial charge in [0.1, 0.15) is 6.54 Å². The molecule has 0 spiro atoms. The Bertz CT molecular complexity index is 486. The van der Waals surface area contributed by atoms with Gasteiger partial charge in [0, 0.05) is 38.6 Å². The highest BCUT2D eigenvalue weighted by atomic mass is 16.2. The summed E-state index contributed by atoms with van der Waals surface area (Å²) in [4.78, 5) is 28.5. The van der Waals surface area contributed by atoms with Gasteiger partial charge < -0.3 is 20.4 Å². The number of carbonyl (C=O) groups is 2. The van der Waals surface area contributed by atoms with Crippen LogP contribution in [0.5, 0.6) is 0 Å². The predicted molar refractivity (Wildman–Crippen MR) is 73.9 cm³/mol. The normalized spacial score (nSPS) is 14.9. The van der Waals surface area contributed by atoms with Gasteiger partial charge in [0.05, 0.1) is 0 Å². The van der Waals surface area contributed by atoms with Crippen LogP contribution in [0.2, 0.25) is 0 Å². The Balaban J connectivity index is 2.00. The van der Waals surface area contributed by atoms with Gasteiger partial charge in [-0.2, -0.15) is 0 Å². The van der Waals surface area contributed by atoms with Gasteiger partial charge in [-0.15, -0.1) is 0 Å². The molecule has 6 heteroatoms. The van der Waals surface area contributed by atoms with E-state index in [1.807, 2.05) is 0 Å². The maximum absolute atomic E-state index is 12.1. The van der Waals surface area contributed by atoms with Crippen molar-refractivity contribution >= 4 is 23.3 Å². The van der Waals surface area contributed by atoms with Crippen LogP contribution in [0.25, 0.3) is 0 Å². The molecule has 0 atom stereocenters. The maximum atomic E-state index is 12.1. The Hall–Kier alpha value is -2.24. The topological polar surface area (TPSA) is 69.9 Å². The van der Waals surface area contributed by atoms with Gasteiger partial charge in [-0.3, -0.25) is 4.79 Å². The van der Waals surface area contributed by atoms with Crippen LogP contribution in [-0.4, -0.2) is 55.5 Å². The first-order valence-corrected chi connectivity index (χ1v) is 6.11. The van der Waals surface area contributed by atoms with Crippen LogP contribution in [0.4, 0.5) is 16.2 Å². The van der Waals surface area contributed by atoms with Crippen LogP contribution in [0.3, 0.4) is 0 Å².